The first kappa shape index (κ1) is 41.8. The van der Waals surface area contributed by atoms with Crippen LogP contribution in [0.4, 0.5) is 9.18 Å². The summed E-state index contributed by atoms with van der Waals surface area (Å²) in [6.45, 7) is 8.95. The molecule has 11 heteroatoms. The molecule has 0 bridgehead atoms. The summed E-state index contributed by atoms with van der Waals surface area (Å²) in [7, 11) is 0. The number of likely N-dealkylation sites (tertiary alicyclic amines) is 1. The Hall–Kier alpha value is -6.33. The van der Waals surface area contributed by atoms with Crippen molar-refractivity contribution in [3.63, 3.8) is 0 Å². The van der Waals surface area contributed by atoms with Gasteiger partial charge in [-0.3, -0.25) is 29.3 Å². The summed E-state index contributed by atoms with van der Waals surface area (Å²) in [6.07, 6.45) is 2.30. The topological polar surface area (TPSA) is 122 Å². The second-order valence-corrected chi connectivity index (χ2v) is 16.8. The summed E-state index contributed by atoms with van der Waals surface area (Å²) in [6, 6.07) is 32.5. The summed E-state index contributed by atoms with van der Waals surface area (Å²) in [4.78, 5) is 67.6. The molecule has 5 aromatic carbocycles. The molecule has 0 aliphatic carbocycles. The minimum Gasteiger partial charge on any atom is -0.488 e. The van der Waals surface area contributed by atoms with Gasteiger partial charge in [-0.05, 0) is 101 Å². The molecule has 2 aliphatic rings. The normalized spacial score (nSPS) is 17.1. The maximum absolute atomic E-state index is 14.7. The van der Waals surface area contributed by atoms with Crippen LogP contribution in [0.5, 0.6) is 5.75 Å². The third-order valence-electron chi connectivity index (χ3n) is 10.6. The Labute approximate surface area is 353 Å². The number of hydrogen-bond donors (Lipinski definition) is 2. The average Bonchev–Trinajstić information content (AvgIpc) is 3.80. The van der Waals surface area contributed by atoms with Gasteiger partial charge in [0.25, 0.3) is 23.0 Å². The highest BCUT2D eigenvalue weighted by atomic mass is 32.2. The second-order valence-electron chi connectivity index (χ2n) is 15.8. The lowest BCUT2D eigenvalue weighted by Crippen LogP contribution is -2.43. The van der Waals surface area contributed by atoms with E-state index < -0.39 is 40.8 Å². The van der Waals surface area contributed by atoms with Gasteiger partial charge in [0.15, 0.2) is 5.78 Å². The van der Waals surface area contributed by atoms with Crippen LogP contribution in [0.2, 0.25) is 0 Å². The van der Waals surface area contributed by atoms with E-state index in [0.717, 1.165) is 40.6 Å². The number of halogens is 1. The predicted molar refractivity (Wildman–Crippen MR) is 233 cm³/mol. The molecular formula is C49H46FN3O6S. The molecule has 0 saturated carbocycles. The lowest BCUT2D eigenvalue weighted by atomic mass is 9.90. The number of hydrogen-bond acceptors (Lipinski definition) is 7. The van der Waals surface area contributed by atoms with Crippen LogP contribution in [0.1, 0.15) is 93.4 Å². The van der Waals surface area contributed by atoms with Crippen molar-refractivity contribution < 1.29 is 33.1 Å². The molecule has 4 amide bonds. The van der Waals surface area contributed by atoms with E-state index in [1.54, 1.807) is 59.5 Å². The monoisotopic (exact) mass is 823 g/mol. The van der Waals surface area contributed by atoms with E-state index >= 15 is 0 Å². The molecule has 2 fully saturated rings. The molecule has 5 aromatic rings. The first-order valence-corrected chi connectivity index (χ1v) is 20.9. The van der Waals surface area contributed by atoms with Gasteiger partial charge in [0.05, 0.1) is 23.1 Å². The predicted octanol–water partition coefficient (Wildman–Crippen LogP) is 9.46. The first-order valence-electron chi connectivity index (χ1n) is 20.1. The summed E-state index contributed by atoms with van der Waals surface area (Å²) >= 11 is 0.816. The number of carbonyl (C=O) groups is 5. The maximum Gasteiger partial charge on any atom is 0.290 e. The lowest BCUT2D eigenvalue weighted by molar-refractivity contribution is -0.115. The standard InChI is InChI=1S/C49H46FN3O6S/c1-29(2)24-34-10-9-15-41(39-12-6-5-11-38(39)30(3)4)45(34)59-37-26-36(27-51-46(55)33-18-16-31(17-19-33)25-43-47(56)52-49(58)60-43)53(28-37)48(57)42-14-8-7-13-40(42)44(54)32-20-22-35(50)23-21-32/h5-23,25,29-30,36-37H,24,26-28H2,1-4H3,(H,51,55)(H,52,56,58)/b43-25+/t36-,37+/m0/s1. The van der Waals surface area contributed by atoms with Gasteiger partial charge in [-0.15, -0.1) is 0 Å². The number of amides is 4. The van der Waals surface area contributed by atoms with Crippen LogP contribution < -0.4 is 15.4 Å². The van der Waals surface area contributed by atoms with E-state index in [1.165, 1.54) is 29.8 Å². The SMILES string of the molecule is CC(C)Cc1cccc(-c2ccccc2C(C)C)c1O[C@@H]1C[C@@H](CNC(=O)c2ccc(/C=C3/SC(=O)NC3=O)cc2)N(C(=O)c2ccccc2C(=O)c2ccc(F)cc2)C1. The zero-order valence-corrected chi connectivity index (χ0v) is 34.7. The Morgan fingerprint density at radius 1 is 0.833 bits per heavy atom. The van der Waals surface area contributed by atoms with Crippen LogP contribution in [-0.4, -0.2) is 58.9 Å². The van der Waals surface area contributed by atoms with Crippen molar-refractivity contribution in [3.05, 3.63) is 165 Å². The van der Waals surface area contributed by atoms with Crippen LogP contribution in [-0.2, 0) is 11.2 Å². The number of imide groups is 1. The minimum atomic E-state index is -0.511. The number of rotatable bonds is 13. The van der Waals surface area contributed by atoms with Crippen molar-refractivity contribution in [1.82, 2.24) is 15.5 Å². The van der Waals surface area contributed by atoms with Gasteiger partial charge < -0.3 is 15.0 Å². The number of thioether (sulfide) groups is 1. The van der Waals surface area contributed by atoms with E-state index in [1.807, 2.05) is 12.1 Å². The summed E-state index contributed by atoms with van der Waals surface area (Å²) in [5.41, 5.74) is 5.94. The van der Waals surface area contributed by atoms with E-state index in [2.05, 4.69) is 68.7 Å². The number of nitrogens with one attached hydrogen (secondary N) is 2. The number of ketones is 1. The highest BCUT2D eigenvalue weighted by Gasteiger charge is 2.39. The Morgan fingerprint density at radius 2 is 1.50 bits per heavy atom. The smallest absolute Gasteiger partial charge is 0.290 e. The van der Waals surface area contributed by atoms with Crippen molar-refractivity contribution in [3.8, 4) is 16.9 Å². The minimum absolute atomic E-state index is 0.0971. The Bertz CT molecular complexity index is 2480. The van der Waals surface area contributed by atoms with E-state index in [-0.39, 0.29) is 46.5 Å². The zero-order valence-electron chi connectivity index (χ0n) is 33.9. The van der Waals surface area contributed by atoms with Gasteiger partial charge in [-0.25, -0.2) is 4.39 Å². The molecule has 2 saturated heterocycles. The Morgan fingerprint density at radius 3 is 2.18 bits per heavy atom. The largest absolute Gasteiger partial charge is 0.488 e. The molecule has 0 aromatic heterocycles. The van der Waals surface area contributed by atoms with Crippen molar-refractivity contribution >= 4 is 46.6 Å². The van der Waals surface area contributed by atoms with Crippen LogP contribution in [0.15, 0.2) is 120 Å². The molecule has 2 heterocycles. The highest BCUT2D eigenvalue weighted by molar-refractivity contribution is 8.18. The molecule has 0 radical (unpaired) electrons. The van der Waals surface area contributed by atoms with Gasteiger partial charge in [0.1, 0.15) is 17.7 Å². The summed E-state index contributed by atoms with van der Waals surface area (Å²) in [5, 5.41) is 4.80. The Balaban J connectivity index is 1.19. The summed E-state index contributed by atoms with van der Waals surface area (Å²) in [5.74, 6) is -0.734. The van der Waals surface area contributed by atoms with Crippen molar-refractivity contribution in [2.75, 3.05) is 13.1 Å². The van der Waals surface area contributed by atoms with Gasteiger partial charge >= 0.3 is 0 Å². The molecule has 0 spiro atoms. The molecule has 7 rings (SSSR count). The fourth-order valence-corrected chi connectivity index (χ4v) is 8.43. The van der Waals surface area contributed by atoms with Crippen molar-refractivity contribution in [2.45, 2.75) is 58.6 Å². The first-order chi connectivity index (χ1) is 28.9. The molecule has 2 N–H and O–H groups in total. The fraction of sp³-hybridized carbons (Fsp3) is 0.245. The van der Waals surface area contributed by atoms with Crippen molar-refractivity contribution in [2.24, 2.45) is 5.92 Å². The number of nitrogens with zero attached hydrogens (tertiary/aromatic N) is 1. The average molecular weight is 824 g/mol. The number of benzene rings is 5. The van der Waals surface area contributed by atoms with Gasteiger partial charge in [0.2, 0.25) is 0 Å². The molecule has 306 valence electrons. The molecule has 2 aliphatic heterocycles. The number of carbonyl (C=O) groups excluding carboxylic acids is 5. The molecular weight excluding hydrogens is 778 g/mol. The Kier molecular flexibility index (Phi) is 12.8. The lowest BCUT2D eigenvalue weighted by Gasteiger charge is -2.26. The number of para-hydroxylation sites is 1. The molecule has 0 unspecified atom stereocenters. The third-order valence-corrected chi connectivity index (χ3v) is 11.4. The van der Waals surface area contributed by atoms with Crippen LogP contribution in [0.25, 0.3) is 17.2 Å². The summed E-state index contributed by atoms with van der Waals surface area (Å²) < 4.78 is 20.8. The fourth-order valence-electron chi connectivity index (χ4n) is 7.75. The molecule has 9 nitrogen and oxygen atoms in total. The van der Waals surface area contributed by atoms with Gasteiger partial charge in [0, 0.05) is 35.2 Å². The van der Waals surface area contributed by atoms with E-state index in [4.69, 9.17) is 4.74 Å². The van der Waals surface area contributed by atoms with Crippen LogP contribution in [0.3, 0.4) is 0 Å². The highest BCUT2D eigenvalue weighted by Crippen LogP contribution is 2.40. The second kappa shape index (κ2) is 18.3. The van der Waals surface area contributed by atoms with Crippen LogP contribution in [0, 0.1) is 11.7 Å². The van der Waals surface area contributed by atoms with Crippen molar-refractivity contribution in [1.29, 1.82) is 0 Å². The maximum atomic E-state index is 14.7. The number of ether oxygens (including phenoxy) is 1. The molecule has 60 heavy (non-hydrogen) atoms. The zero-order chi connectivity index (χ0) is 42.5. The molecule has 2 atom stereocenters. The van der Waals surface area contributed by atoms with Gasteiger partial charge in [-0.2, -0.15) is 0 Å². The van der Waals surface area contributed by atoms with Gasteiger partial charge in [-0.1, -0.05) is 100 Å². The quantitative estimate of drug-likeness (QED) is 0.0897. The van der Waals surface area contributed by atoms with E-state index in [0.29, 0.717) is 23.5 Å². The van der Waals surface area contributed by atoms with Crippen LogP contribution >= 0.6 is 11.8 Å². The third kappa shape index (κ3) is 9.42. The van der Waals surface area contributed by atoms with E-state index in [9.17, 15) is 28.4 Å².